The van der Waals surface area contributed by atoms with Crippen molar-refractivity contribution in [1.29, 1.82) is 0 Å². The fourth-order valence-corrected chi connectivity index (χ4v) is 5.92. The predicted molar refractivity (Wildman–Crippen MR) is 146 cm³/mol. The lowest BCUT2D eigenvalue weighted by atomic mass is 9.87. The number of aromatic carboxylic acids is 1. The van der Waals surface area contributed by atoms with Gasteiger partial charge in [-0.3, -0.25) is 19.5 Å². The number of benzene rings is 2. The second kappa shape index (κ2) is 10.8. The number of carbonyl (C=O) groups excluding carboxylic acids is 2. The van der Waals surface area contributed by atoms with E-state index in [1.807, 2.05) is 12.1 Å². The van der Waals surface area contributed by atoms with Gasteiger partial charge in [-0.1, -0.05) is 36.0 Å². The molecule has 1 fully saturated rings. The SMILES string of the molecule is CCOC(=O)C1C(C)=NC2SC(=Cc3ccc(-c4cccc(C(=O)O)c4)o3)C(=O)N2C1c1ccc(OC)cc1. The molecule has 0 bridgehead atoms. The van der Waals surface area contributed by atoms with Crippen molar-refractivity contribution in [3.05, 3.63) is 82.5 Å². The van der Waals surface area contributed by atoms with Crippen LogP contribution in [-0.2, 0) is 14.3 Å². The molecule has 200 valence electrons. The monoisotopic (exact) mass is 546 g/mol. The lowest BCUT2D eigenvalue weighted by molar-refractivity contribution is -0.149. The fourth-order valence-electron chi connectivity index (χ4n) is 4.75. The number of carboxylic acid groups (broad SMARTS) is 1. The number of nitrogens with zero attached hydrogens (tertiary/aromatic N) is 2. The van der Waals surface area contributed by atoms with Gasteiger partial charge >= 0.3 is 11.9 Å². The first-order chi connectivity index (χ1) is 18.8. The highest BCUT2D eigenvalue weighted by Gasteiger charge is 2.50. The normalized spacial score (nSPS) is 21.5. The number of hydrogen-bond donors (Lipinski definition) is 1. The van der Waals surface area contributed by atoms with Gasteiger partial charge in [-0.2, -0.15) is 0 Å². The van der Waals surface area contributed by atoms with Gasteiger partial charge in [0.1, 0.15) is 23.2 Å². The van der Waals surface area contributed by atoms with Crippen LogP contribution in [0.2, 0.25) is 0 Å². The maximum atomic E-state index is 13.8. The standard InChI is InChI=1S/C29H26N2O7S/c1-4-37-28(35)24-16(2)30-29-31(25(24)17-8-10-20(36-3)11-9-17)26(32)23(39-29)15-21-12-13-22(38-21)18-6-5-7-19(14-18)27(33)34/h5-15,24-25,29H,4H2,1-3H3,(H,33,34). The summed E-state index contributed by atoms with van der Waals surface area (Å²) in [6.45, 7) is 3.74. The lowest BCUT2D eigenvalue weighted by Gasteiger charge is -2.39. The molecule has 1 saturated heterocycles. The Morgan fingerprint density at radius 2 is 1.92 bits per heavy atom. The van der Waals surface area contributed by atoms with Gasteiger partial charge in [-0.15, -0.1) is 0 Å². The minimum absolute atomic E-state index is 0.149. The third-order valence-corrected chi connectivity index (χ3v) is 7.68. The van der Waals surface area contributed by atoms with E-state index in [1.54, 1.807) is 68.3 Å². The molecule has 2 aliphatic rings. The number of aliphatic imine (C=N–C) groups is 1. The topological polar surface area (TPSA) is 119 Å². The number of methoxy groups -OCH3 is 1. The number of hydrogen-bond acceptors (Lipinski definition) is 8. The summed E-state index contributed by atoms with van der Waals surface area (Å²) in [5, 5.41) is 9.28. The summed E-state index contributed by atoms with van der Waals surface area (Å²) < 4.78 is 16.6. The van der Waals surface area contributed by atoms with Crippen molar-refractivity contribution in [3.63, 3.8) is 0 Å². The van der Waals surface area contributed by atoms with Crippen LogP contribution in [-0.4, -0.2) is 52.8 Å². The highest BCUT2D eigenvalue weighted by atomic mass is 32.2. The van der Waals surface area contributed by atoms with E-state index in [1.165, 1.54) is 23.9 Å². The third kappa shape index (κ3) is 5.07. The summed E-state index contributed by atoms with van der Waals surface area (Å²) in [4.78, 5) is 44.9. The molecule has 3 aromatic rings. The average molecular weight is 547 g/mol. The van der Waals surface area contributed by atoms with E-state index < -0.39 is 29.4 Å². The second-order valence-corrected chi connectivity index (χ2v) is 10.1. The zero-order valence-corrected chi connectivity index (χ0v) is 22.3. The van der Waals surface area contributed by atoms with E-state index in [9.17, 15) is 19.5 Å². The number of thioether (sulfide) groups is 1. The van der Waals surface area contributed by atoms with E-state index in [4.69, 9.17) is 18.9 Å². The Morgan fingerprint density at radius 3 is 2.62 bits per heavy atom. The molecule has 1 N–H and O–H groups in total. The quantitative estimate of drug-likeness (QED) is 0.315. The number of carboxylic acids is 1. The van der Waals surface area contributed by atoms with Crippen molar-refractivity contribution in [1.82, 2.24) is 4.90 Å². The summed E-state index contributed by atoms with van der Waals surface area (Å²) in [5.41, 5.74) is 1.57. The fraction of sp³-hybridized carbons (Fsp3) is 0.241. The first-order valence-corrected chi connectivity index (χ1v) is 13.2. The smallest absolute Gasteiger partial charge is 0.335 e. The van der Waals surface area contributed by atoms with Gasteiger partial charge in [0.25, 0.3) is 5.91 Å². The summed E-state index contributed by atoms with van der Waals surface area (Å²) in [7, 11) is 1.57. The van der Waals surface area contributed by atoms with Crippen LogP contribution in [0.3, 0.4) is 0 Å². The highest BCUT2D eigenvalue weighted by molar-refractivity contribution is 8.05. The van der Waals surface area contributed by atoms with Gasteiger partial charge in [0.15, 0.2) is 5.50 Å². The molecule has 3 heterocycles. The maximum Gasteiger partial charge on any atom is 0.335 e. The molecule has 1 aromatic heterocycles. The van der Waals surface area contributed by atoms with Crippen LogP contribution in [0.1, 0.15) is 41.6 Å². The van der Waals surface area contributed by atoms with Crippen molar-refractivity contribution in [3.8, 4) is 17.1 Å². The van der Waals surface area contributed by atoms with Crippen LogP contribution in [0, 0.1) is 5.92 Å². The van der Waals surface area contributed by atoms with E-state index in [0.29, 0.717) is 33.5 Å². The Hall–Kier alpha value is -4.31. The first kappa shape index (κ1) is 26.3. The van der Waals surface area contributed by atoms with E-state index in [-0.39, 0.29) is 18.1 Å². The zero-order valence-electron chi connectivity index (χ0n) is 21.5. The number of fused-ring (bicyclic) bond motifs is 1. The zero-order chi connectivity index (χ0) is 27.7. The second-order valence-electron chi connectivity index (χ2n) is 8.97. The minimum Gasteiger partial charge on any atom is -0.497 e. The number of rotatable bonds is 7. The molecule has 1 amide bonds. The van der Waals surface area contributed by atoms with Crippen molar-refractivity contribution in [2.24, 2.45) is 10.9 Å². The van der Waals surface area contributed by atoms with E-state index >= 15 is 0 Å². The predicted octanol–water partition coefficient (Wildman–Crippen LogP) is 5.25. The van der Waals surface area contributed by atoms with Crippen molar-refractivity contribution >= 4 is 41.4 Å². The van der Waals surface area contributed by atoms with Crippen LogP contribution in [0.25, 0.3) is 17.4 Å². The third-order valence-electron chi connectivity index (χ3n) is 6.59. The lowest BCUT2D eigenvalue weighted by Crippen LogP contribution is -2.48. The van der Waals surface area contributed by atoms with Crippen molar-refractivity contribution in [2.45, 2.75) is 25.4 Å². The molecular weight excluding hydrogens is 520 g/mol. The molecule has 9 nitrogen and oxygen atoms in total. The van der Waals surface area contributed by atoms with Gasteiger partial charge in [-0.25, -0.2) is 4.79 Å². The van der Waals surface area contributed by atoms with Gasteiger partial charge in [0, 0.05) is 17.4 Å². The Balaban J connectivity index is 1.49. The highest BCUT2D eigenvalue weighted by Crippen LogP contribution is 2.48. The molecule has 0 aliphatic carbocycles. The molecule has 3 atom stereocenters. The summed E-state index contributed by atoms with van der Waals surface area (Å²) in [5.74, 6) is -0.923. The summed E-state index contributed by atoms with van der Waals surface area (Å²) in [6, 6.07) is 16.5. The molecular formula is C29H26N2O7S. The number of ether oxygens (including phenoxy) is 2. The van der Waals surface area contributed by atoms with E-state index in [0.717, 1.165) is 5.56 Å². The Bertz CT molecular complexity index is 1490. The van der Waals surface area contributed by atoms with Crippen LogP contribution in [0.4, 0.5) is 0 Å². The number of furan rings is 1. The number of amides is 1. The molecule has 2 aromatic carbocycles. The molecule has 0 radical (unpaired) electrons. The minimum atomic E-state index is -1.03. The summed E-state index contributed by atoms with van der Waals surface area (Å²) >= 11 is 1.28. The van der Waals surface area contributed by atoms with Crippen LogP contribution < -0.4 is 4.74 Å². The first-order valence-electron chi connectivity index (χ1n) is 12.3. The van der Waals surface area contributed by atoms with Crippen molar-refractivity contribution < 1.29 is 33.4 Å². The molecule has 2 aliphatic heterocycles. The maximum absolute atomic E-state index is 13.8. The van der Waals surface area contributed by atoms with Gasteiger partial charge < -0.3 is 19.0 Å². The van der Waals surface area contributed by atoms with Gasteiger partial charge in [0.05, 0.1) is 30.2 Å². The summed E-state index contributed by atoms with van der Waals surface area (Å²) in [6.07, 6.45) is 1.64. The number of carbonyl (C=O) groups is 3. The van der Waals surface area contributed by atoms with Crippen molar-refractivity contribution in [2.75, 3.05) is 13.7 Å². The van der Waals surface area contributed by atoms with Crippen LogP contribution in [0.15, 0.2) is 75.0 Å². The van der Waals surface area contributed by atoms with Crippen LogP contribution >= 0.6 is 11.8 Å². The molecule has 3 unspecified atom stereocenters. The van der Waals surface area contributed by atoms with Crippen LogP contribution in [0.5, 0.6) is 5.75 Å². The van der Waals surface area contributed by atoms with E-state index in [2.05, 4.69) is 0 Å². The Morgan fingerprint density at radius 1 is 1.15 bits per heavy atom. The molecule has 0 saturated carbocycles. The Kier molecular flexibility index (Phi) is 7.30. The molecule has 39 heavy (non-hydrogen) atoms. The largest absolute Gasteiger partial charge is 0.497 e. The molecule has 10 heteroatoms. The van der Waals surface area contributed by atoms with Gasteiger partial charge in [-0.05, 0) is 55.8 Å². The molecule has 5 rings (SSSR count). The number of esters is 1. The van der Waals surface area contributed by atoms with Gasteiger partial charge in [0.2, 0.25) is 0 Å². The molecule has 0 spiro atoms. The Labute approximate surface area is 229 Å². The average Bonchev–Trinajstić information content (AvgIpc) is 3.52.